The molecule has 180 valence electrons. The molecule has 1 fully saturated rings. The Morgan fingerprint density at radius 2 is 2.09 bits per heavy atom. The van der Waals surface area contributed by atoms with Gasteiger partial charge in [0, 0.05) is 35.7 Å². The molecule has 1 saturated carbocycles. The van der Waals surface area contributed by atoms with E-state index in [2.05, 4.69) is 25.5 Å². The maximum atomic E-state index is 14.3. The Morgan fingerprint density at radius 1 is 1.29 bits per heavy atom. The van der Waals surface area contributed by atoms with E-state index in [1.165, 1.54) is 31.3 Å². The normalized spacial score (nSPS) is 16.0. The van der Waals surface area contributed by atoms with Gasteiger partial charge in [0.1, 0.15) is 22.3 Å². The zero-order chi connectivity index (χ0) is 24.3. The van der Waals surface area contributed by atoms with Gasteiger partial charge in [0.05, 0.1) is 17.3 Å². The van der Waals surface area contributed by atoms with Crippen molar-refractivity contribution in [1.82, 2.24) is 20.2 Å². The Bertz CT molecular complexity index is 1140. The van der Waals surface area contributed by atoms with Crippen LogP contribution >= 0.6 is 11.3 Å². The molecule has 0 unspecified atom stereocenters. The van der Waals surface area contributed by atoms with Crippen molar-refractivity contribution in [2.45, 2.75) is 63.0 Å². The van der Waals surface area contributed by atoms with Crippen LogP contribution in [0.25, 0.3) is 10.7 Å². The second-order valence-corrected chi connectivity index (χ2v) is 10.5. The summed E-state index contributed by atoms with van der Waals surface area (Å²) in [6.07, 6.45) is 6.89. The summed E-state index contributed by atoms with van der Waals surface area (Å²) >= 11 is 1.44. The minimum Gasteiger partial charge on any atom is -0.388 e. The smallest absolute Gasteiger partial charge is 0.152 e. The molecule has 0 bridgehead atoms. The molecular weight excluding hydrogens is 455 g/mol. The number of carbonyl (C=O) groups excluding carboxylic acids is 1. The molecule has 0 amide bonds. The van der Waals surface area contributed by atoms with Crippen molar-refractivity contribution in [3.8, 4) is 10.7 Å². The van der Waals surface area contributed by atoms with Crippen LogP contribution in [0.15, 0.2) is 36.7 Å². The number of pyridine rings is 1. The molecule has 4 rings (SSSR count). The van der Waals surface area contributed by atoms with E-state index in [1.807, 2.05) is 12.1 Å². The Hall–Kier alpha value is -2.82. The fourth-order valence-corrected chi connectivity index (χ4v) is 4.89. The Labute approximate surface area is 201 Å². The predicted molar refractivity (Wildman–Crippen MR) is 129 cm³/mol. The van der Waals surface area contributed by atoms with Gasteiger partial charge in [-0.05, 0) is 57.4 Å². The zero-order valence-electron chi connectivity index (χ0n) is 19.3. The first-order valence-corrected chi connectivity index (χ1v) is 12.1. The third kappa shape index (κ3) is 5.29. The third-order valence-corrected chi connectivity index (χ3v) is 7.42. The highest BCUT2D eigenvalue weighted by atomic mass is 32.1. The van der Waals surface area contributed by atoms with Gasteiger partial charge in [0.25, 0.3) is 0 Å². The van der Waals surface area contributed by atoms with E-state index < -0.39 is 11.6 Å². The standard InChI is InChI=1S/C24H29FN6O2S/c1-23(2,33)20(26)18(32)8-6-15-13-28-22(34-15)17-7-9-19(31-30-17)29-14-24(10-4-11-24)21-16(25)5-3-12-27-21/h3,5,7,9,12-13,20,33H,4,6,8,10-11,14,26H2,1-2H3,(H,29,31)/t20-/m1/s1. The largest absolute Gasteiger partial charge is 0.388 e. The molecule has 34 heavy (non-hydrogen) atoms. The molecule has 3 aromatic rings. The average molecular weight is 485 g/mol. The van der Waals surface area contributed by atoms with Crippen LogP contribution in [0.3, 0.4) is 0 Å². The minimum absolute atomic E-state index is 0.188. The van der Waals surface area contributed by atoms with E-state index in [0.29, 0.717) is 35.2 Å². The fraction of sp³-hybridized carbons (Fsp3) is 0.458. The number of aliphatic hydroxyl groups is 1. The van der Waals surface area contributed by atoms with Crippen molar-refractivity contribution in [2.24, 2.45) is 5.73 Å². The number of aromatic nitrogens is 4. The molecule has 3 aromatic heterocycles. The molecule has 3 heterocycles. The molecule has 0 spiro atoms. The van der Waals surface area contributed by atoms with Crippen LogP contribution in [-0.2, 0) is 16.6 Å². The van der Waals surface area contributed by atoms with Crippen LogP contribution in [0.4, 0.5) is 10.2 Å². The molecular formula is C24H29FN6O2S. The highest BCUT2D eigenvalue weighted by Gasteiger charge is 2.41. The monoisotopic (exact) mass is 484 g/mol. The van der Waals surface area contributed by atoms with Crippen LogP contribution in [0.1, 0.15) is 50.1 Å². The predicted octanol–water partition coefficient (Wildman–Crippen LogP) is 3.27. The van der Waals surface area contributed by atoms with Crippen LogP contribution in [0.5, 0.6) is 0 Å². The lowest BCUT2D eigenvalue weighted by Gasteiger charge is -2.41. The summed E-state index contributed by atoms with van der Waals surface area (Å²) in [5.74, 6) is 0.149. The van der Waals surface area contributed by atoms with E-state index >= 15 is 0 Å². The lowest BCUT2D eigenvalue weighted by molar-refractivity contribution is -0.125. The summed E-state index contributed by atoms with van der Waals surface area (Å²) in [6.45, 7) is 3.60. The maximum Gasteiger partial charge on any atom is 0.152 e. The number of nitrogens with zero attached hydrogens (tertiary/aromatic N) is 4. The van der Waals surface area contributed by atoms with Crippen LogP contribution in [0.2, 0.25) is 0 Å². The summed E-state index contributed by atoms with van der Waals surface area (Å²) in [7, 11) is 0. The molecule has 1 aliphatic carbocycles. The minimum atomic E-state index is -1.24. The number of thiazole rings is 1. The van der Waals surface area contributed by atoms with E-state index in [-0.39, 0.29) is 23.4 Å². The summed E-state index contributed by atoms with van der Waals surface area (Å²) < 4.78 is 14.3. The first-order chi connectivity index (χ1) is 16.2. The first kappa shape index (κ1) is 24.3. The number of Topliss-reactive ketones (excluding diaryl/α,β-unsaturated/α-hetero) is 1. The quantitative estimate of drug-likeness (QED) is 0.400. The molecule has 4 N–H and O–H groups in total. The third-order valence-electron chi connectivity index (χ3n) is 6.34. The van der Waals surface area contributed by atoms with Gasteiger partial charge in [-0.15, -0.1) is 21.5 Å². The van der Waals surface area contributed by atoms with Crippen molar-refractivity contribution in [3.63, 3.8) is 0 Å². The van der Waals surface area contributed by atoms with Gasteiger partial charge in [-0.3, -0.25) is 9.78 Å². The second kappa shape index (κ2) is 9.81. The van der Waals surface area contributed by atoms with Crippen LogP contribution < -0.4 is 11.1 Å². The van der Waals surface area contributed by atoms with Crippen molar-refractivity contribution < 1.29 is 14.3 Å². The summed E-state index contributed by atoms with van der Waals surface area (Å²) in [6, 6.07) is 5.81. The van der Waals surface area contributed by atoms with Crippen molar-refractivity contribution in [2.75, 3.05) is 11.9 Å². The topological polar surface area (TPSA) is 127 Å². The van der Waals surface area contributed by atoms with Gasteiger partial charge in [-0.1, -0.05) is 6.42 Å². The van der Waals surface area contributed by atoms with E-state index in [0.717, 1.165) is 24.1 Å². The Kier molecular flexibility index (Phi) is 7.01. The van der Waals surface area contributed by atoms with E-state index in [4.69, 9.17) is 5.73 Å². The molecule has 0 aromatic carbocycles. The SMILES string of the molecule is CC(C)(O)[C@H](N)C(=O)CCc1cnc(-c2ccc(NCC3(c4ncccc4F)CCC3)nn2)s1. The van der Waals surface area contributed by atoms with Gasteiger partial charge < -0.3 is 16.2 Å². The van der Waals surface area contributed by atoms with Gasteiger partial charge in [-0.25, -0.2) is 9.37 Å². The van der Waals surface area contributed by atoms with Crippen molar-refractivity contribution in [1.29, 1.82) is 0 Å². The molecule has 0 aliphatic heterocycles. The van der Waals surface area contributed by atoms with Crippen LogP contribution in [-0.4, -0.2) is 49.2 Å². The first-order valence-electron chi connectivity index (χ1n) is 11.3. The van der Waals surface area contributed by atoms with Crippen molar-refractivity contribution in [3.05, 3.63) is 53.0 Å². The number of carbonyl (C=O) groups is 1. The summed E-state index contributed by atoms with van der Waals surface area (Å²) in [4.78, 5) is 21.8. The molecule has 0 radical (unpaired) electrons. The van der Waals surface area contributed by atoms with E-state index in [9.17, 15) is 14.3 Å². The molecule has 1 atom stereocenters. The molecule has 0 saturated heterocycles. The molecule has 8 nitrogen and oxygen atoms in total. The number of anilines is 1. The highest BCUT2D eigenvalue weighted by molar-refractivity contribution is 7.15. The number of ketones is 1. The summed E-state index contributed by atoms with van der Waals surface area (Å²) in [5.41, 5.74) is 5.40. The maximum absolute atomic E-state index is 14.3. The summed E-state index contributed by atoms with van der Waals surface area (Å²) in [5, 5.41) is 22.4. The number of rotatable bonds is 10. The number of nitrogens with one attached hydrogen (secondary N) is 1. The number of hydrogen-bond donors (Lipinski definition) is 3. The van der Waals surface area contributed by atoms with Gasteiger partial charge in [0.15, 0.2) is 5.78 Å². The Balaban J connectivity index is 1.35. The number of halogens is 1. The lowest BCUT2D eigenvalue weighted by Crippen LogP contribution is -2.48. The van der Waals surface area contributed by atoms with Gasteiger partial charge in [-0.2, -0.15) is 0 Å². The average Bonchev–Trinajstić information content (AvgIpc) is 3.26. The second-order valence-electron chi connectivity index (χ2n) is 9.35. The molecule has 10 heteroatoms. The van der Waals surface area contributed by atoms with Crippen molar-refractivity contribution >= 4 is 22.9 Å². The number of hydrogen-bond acceptors (Lipinski definition) is 9. The van der Waals surface area contributed by atoms with Gasteiger partial charge >= 0.3 is 0 Å². The zero-order valence-corrected chi connectivity index (χ0v) is 20.1. The van der Waals surface area contributed by atoms with Crippen LogP contribution in [0, 0.1) is 5.82 Å². The van der Waals surface area contributed by atoms with Gasteiger partial charge in [0.2, 0.25) is 0 Å². The van der Waals surface area contributed by atoms with E-state index in [1.54, 1.807) is 18.5 Å². The number of aryl methyl sites for hydroxylation is 1. The fourth-order valence-electron chi connectivity index (χ4n) is 4.01. The molecule has 1 aliphatic rings. The lowest BCUT2D eigenvalue weighted by atomic mass is 9.66. The highest BCUT2D eigenvalue weighted by Crippen LogP contribution is 2.43. The number of nitrogens with two attached hydrogens (primary N) is 1. The Morgan fingerprint density at radius 3 is 2.71 bits per heavy atom.